The lowest BCUT2D eigenvalue weighted by atomic mass is 10.1. The van der Waals surface area contributed by atoms with Gasteiger partial charge in [-0.25, -0.2) is 0 Å². The Labute approximate surface area is 174 Å². The van der Waals surface area contributed by atoms with E-state index in [1.807, 2.05) is 13.8 Å². The van der Waals surface area contributed by atoms with Crippen LogP contribution in [0.2, 0.25) is 5.02 Å². The maximum Gasteiger partial charge on any atom is 0.257 e. The van der Waals surface area contributed by atoms with Crippen molar-refractivity contribution in [3.63, 3.8) is 0 Å². The predicted octanol–water partition coefficient (Wildman–Crippen LogP) is 3.40. The van der Waals surface area contributed by atoms with Crippen LogP contribution in [0.1, 0.15) is 36.2 Å². The summed E-state index contributed by atoms with van der Waals surface area (Å²) >= 11 is 10.8. The lowest BCUT2D eigenvalue weighted by molar-refractivity contribution is -0.121. The highest BCUT2D eigenvalue weighted by Crippen LogP contribution is 2.15. The maximum atomic E-state index is 12.2. The Kier molecular flexibility index (Phi) is 8.22. The molecule has 2 aromatic carbocycles. The molecule has 3 N–H and O–H groups in total. The molecular weight excluding hydrogens is 398 g/mol. The highest BCUT2D eigenvalue weighted by molar-refractivity contribution is 7.80. The molecule has 2 rings (SSSR count). The third-order valence-corrected chi connectivity index (χ3v) is 4.31. The number of benzene rings is 2. The largest absolute Gasteiger partial charge is 0.491 e. The number of halogens is 1. The van der Waals surface area contributed by atoms with Crippen LogP contribution in [-0.2, 0) is 11.2 Å². The van der Waals surface area contributed by atoms with Crippen molar-refractivity contribution in [2.24, 2.45) is 0 Å². The normalized spacial score (nSPS) is 11.2. The molecule has 0 aliphatic carbocycles. The van der Waals surface area contributed by atoms with Gasteiger partial charge in [-0.2, -0.15) is 0 Å². The Morgan fingerprint density at radius 2 is 1.71 bits per heavy atom. The lowest BCUT2D eigenvalue weighted by Gasteiger charge is -2.13. The van der Waals surface area contributed by atoms with Crippen molar-refractivity contribution in [1.29, 1.82) is 0 Å². The molecule has 0 heterocycles. The quantitative estimate of drug-likeness (QED) is 0.494. The van der Waals surface area contributed by atoms with Gasteiger partial charge in [0.15, 0.2) is 5.11 Å². The molecule has 0 fully saturated rings. The predicted molar refractivity (Wildman–Crippen MR) is 113 cm³/mol. The topological polar surface area (TPSA) is 79.5 Å². The molecule has 148 valence electrons. The van der Waals surface area contributed by atoms with Crippen LogP contribution in [0.25, 0.3) is 0 Å². The molecule has 0 aliphatic heterocycles. The van der Waals surface area contributed by atoms with Crippen LogP contribution < -0.4 is 20.9 Å². The van der Waals surface area contributed by atoms with Gasteiger partial charge in [-0.1, -0.05) is 30.7 Å². The summed E-state index contributed by atoms with van der Waals surface area (Å²) in [5, 5.41) is 3.10. The second-order valence-corrected chi connectivity index (χ2v) is 6.97. The summed E-state index contributed by atoms with van der Waals surface area (Å²) < 4.78 is 5.67. The van der Waals surface area contributed by atoms with Gasteiger partial charge in [-0.15, -0.1) is 0 Å². The van der Waals surface area contributed by atoms with Gasteiger partial charge in [0.05, 0.1) is 12.5 Å². The average molecular weight is 420 g/mol. The van der Waals surface area contributed by atoms with Gasteiger partial charge in [0.2, 0.25) is 5.91 Å². The molecule has 2 aromatic rings. The van der Waals surface area contributed by atoms with Crippen LogP contribution in [-0.4, -0.2) is 23.0 Å². The number of amides is 2. The molecule has 0 saturated carbocycles. The third-order valence-electron chi connectivity index (χ3n) is 3.85. The summed E-state index contributed by atoms with van der Waals surface area (Å²) in [7, 11) is 0. The zero-order valence-electron chi connectivity index (χ0n) is 15.6. The van der Waals surface area contributed by atoms with E-state index < -0.39 is 0 Å². The molecule has 8 heteroatoms. The summed E-state index contributed by atoms with van der Waals surface area (Å²) in [6.45, 7) is 4.01. The minimum absolute atomic E-state index is 0.00520. The van der Waals surface area contributed by atoms with Gasteiger partial charge in [-0.05, 0) is 67.5 Å². The van der Waals surface area contributed by atoms with Crippen molar-refractivity contribution in [1.82, 2.24) is 16.2 Å². The highest BCUT2D eigenvalue weighted by Gasteiger charge is 2.10. The molecule has 2 amide bonds. The Morgan fingerprint density at radius 3 is 2.32 bits per heavy atom. The van der Waals surface area contributed by atoms with Crippen molar-refractivity contribution in [2.45, 2.75) is 32.8 Å². The first kappa shape index (κ1) is 21.7. The highest BCUT2D eigenvalue weighted by atomic mass is 35.5. The molecule has 0 aromatic heterocycles. The minimum atomic E-state index is -0.389. The van der Waals surface area contributed by atoms with E-state index in [1.54, 1.807) is 48.5 Å². The number of ether oxygens (including phenoxy) is 1. The fraction of sp³-hybridized carbons (Fsp3) is 0.250. The number of hydrogen-bond donors (Lipinski definition) is 3. The number of carbonyl (C=O) groups is 2. The monoisotopic (exact) mass is 419 g/mol. The third kappa shape index (κ3) is 7.17. The smallest absolute Gasteiger partial charge is 0.257 e. The molecule has 6 nitrogen and oxygen atoms in total. The van der Waals surface area contributed by atoms with Gasteiger partial charge < -0.3 is 4.74 Å². The van der Waals surface area contributed by atoms with E-state index in [-0.39, 0.29) is 29.5 Å². The van der Waals surface area contributed by atoms with E-state index in [1.165, 1.54) is 0 Å². The summed E-state index contributed by atoms with van der Waals surface area (Å²) in [6, 6.07) is 13.7. The van der Waals surface area contributed by atoms with Gasteiger partial charge in [0.1, 0.15) is 5.75 Å². The molecule has 0 radical (unpaired) electrons. The average Bonchev–Trinajstić information content (AvgIpc) is 2.68. The van der Waals surface area contributed by atoms with E-state index in [2.05, 4.69) is 16.2 Å². The lowest BCUT2D eigenvalue weighted by Crippen LogP contribution is -2.48. The number of nitrogens with one attached hydrogen (secondary N) is 3. The minimum Gasteiger partial charge on any atom is -0.491 e. The first-order chi connectivity index (χ1) is 13.4. The molecule has 1 atom stereocenters. The van der Waals surface area contributed by atoms with E-state index in [0.29, 0.717) is 16.3 Å². The molecule has 28 heavy (non-hydrogen) atoms. The summed E-state index contributed by atoms with van der Waals surface area (Å²) in [6.07, 6.45) is 1.15. The fourth-order valence-electron chi connectivity index (χ4n) is 2.17. The second kappa shape index (κ2) is 10.6. The van der Waals surface area contributed by atoms with Crippen LogP contribution in [0, 0.1) is 0 Å². The number of rotatable bonds is 6. The fourth-order valence-corrected chi connectivity index (χ4v) is 2.44. The van der Waals surface area contributed by atoms with Crippen molar-refractivity contribution < 1.29 is 14.3 Å². The zero-order chi connectivity index (χ0) is 20.5. The molecule has 0 spiro atoms. The van der Waals surface area contributed by atoms with Gasteiger partial charge in [0, 0.05) is 10.6 Å². The Bertz CT molecular complexity index is 826. The number of thiocarbonyl (C=S) groups is 1. The Balaban J connectivity index is 1.78. The van der Waals surface area contributed by atoms with Crippen LogP contribution in [0.4, 0.5) is 0 Å². The number of hydrogen-bond acceptors (Lipinski definition) is 4. The summed E-state index contributed by atoms with van der Waals surface area (Å²) in [5.41, 5.74) is 6.18. The summed E-state index contributed by atoms with van der Waals surface area (Å²) in [4.78, 5) is 24.1. The van der Waals surface area contributed by atoms with Gasteiger partial charge in [0.25, 0.3) is 5.91 Å². The van der Waals surface area contributed by atoms with E-state index in [9.17, 15) is 9.59 Å². The van der Waals surface area contributed by atoms with E-state index >= 15 is 0 Å². The van der Waals surface area contributed by atoms with Gasteiger partial charge >= 0.3 is 0 Å². The molecule has 1 unspecified atom stereocenters. The molecule has 0 bridgehead atoms. The van der Waals surface area contributed by atoms with E-state index in [0.717, 1.165) is 12.0 Å². The van der Waals surface area contributed by atoms with Crippen LogP contribution in [0.5, 0.6) is 5.75 Å². The maximum absolute atomic E-state index is 12.2. The molecular formula is C20H22ClN3O3S. The molecule has 0 aliphatic rings. The molecule has 0 saturated heterocycles. The van der Waals surface area contributed by atoms with Crippen molar-refractivity contribution in [3.8, 4) is 5.75 Å². The van der Waals surface area contributed by atoms with Gasteiger partial charge in [-0.3, -0.25) is 25.8 Å². The van der Waals surface area contributed by atoms with Crippen molar-refractivity contribution in [2.75, 3.05) is 0 Å². The first-order valence-corrected chi connectivity index (χ1v) is 9.57. The van der Waals surface area contributed by atoms with Crippen LogP contribution in [0.3, 0.4) is 0 Å². The first-order valence-electron chi connectivity index (χ1n) is 8.78. The second-order valence-electron chi connectivity index (χ2n) is 6.12. The van der Waals surface area contributed by atoms with E-state index in [4.69, 9.17) is 28.6 Å². The summed E-state index contributed by atoms with van der Waals surface area (Å²) in [5.74, 6) is 0.00562. The SMILES string of the molecule is CCC(C)Oc1ccc(C(=O)NC(=S)NNC(=O)Cc2ccc(Cl)cc2)cc1. The van der Waals surface area contributed by atoms with Crippen molar-refractivity contribution in [3.05, 3.63) is 64.7 Å². The zero-order valence-corrected chi connectivity index (χ0v) is 17.2. The number of hydrazine groups is 1. The Morgan fingerprint density at radius 1 is 1.07 bits per heavy atom. The standard InChI is InChI=1S/C20H22ClN3O3S/c1-3-13(2)27-17-10-6-15(7-11-17)19(26)22-20(28)24-23-18(25)12-14-4-8-16(21)9-5-14/h4-11,13H,3,12H2,1-2H3,(H,23,25)(H2,22,24,26,28). The van der Waals surface area contributed by atoms with Crippen LogP contribution >= 0.6 is 23.8 Å². The van der Waals surface area contributed by atoms with Crippen LogP contribution in [0.15, 0.2) is 48.5 Å². The van der Waals surface area contributed by atoms with Crippen molar-refractivity contribution >= 4 is 40.7 Å². The Hall–Kier alpha value is -2.64. The number of carbonyl (C=O) groups excluding carboxylic acids is 2.